The molecule has 1 saturated carbocycles. The Hall–Kier alpha value is -0.0800. The fourth-order valence-electron chi connectivity index (χ4n) is 4.60. The van der Waals surface area contributed by atoms with Gasteiger partial charge in [0.25, 0.3) is 0 Å². The van der Waals surface area contributed by atoms with Gasteiger partial charge in [-0.3, -0.25) is 0 Å². The zero-order chi connectivity index (χ0) is 15.0. The molecule has 0 radical (unpaired) electrons. The molecule has 1 atom stereocenters. The van der Waals surface area contributed by atoms with Gasteiger partial charge in [0.15, 0.2) is 0 Å². The third kappa shape index (κ3) is 4.73. The molecule has 0 amide bonds. The maximum absolute atomic E-state index is 4.01. The van der Waals surface area contributed by atoms with Crippen LogP contribution in [0.15, 0.2) is 0 Å². The Kier molecular flexibility index (Phi) is 4.57. The number of hydrogen-bond donors (Lipinski definition) is 2. The first kappa shape index (κ1) is 16.3. The van der Waals surface area contributed by atoms with Crippen LogP contribution in [0.4, 0.5) is 0 Å². The predicted molar refractivity (Wildman–Crippen MR) is 88.1 cm³/mol. The van der Waals surface area contributed by atoms with E-state index >= 15 is 0 Å². The molecule has 0 aromatic carbocycles. The number of rotatable bonds is 2. The number of hydrogen-bond acceptors (Lipinski definition) is 2. The number of piperidine rings is 1. The molecule has 0 aromatic rings. The molecule has 1 aliphatic carbocycles. The normalized spacial score (nSPS) is 33.6. The highest BCUT2D eigenvalue weighted by atomic mass is 15.1. The lowest BCUT2D eigenvalue weighted by Crippen LogP contribution is -2.62. The Morgan fingerprint density at radius 1 is 0.800 bits per heavy atom. The summed E-state index contributed by atoms with van der Waals surface area (Å²) in [6, 6.07) is 1.42. The Balaban J connectivity index is 1.92. The highest BCUT2D eigenvalue weighted by Crippen LogP contribution is 2.35. The van der Waals surface area contributed by atoms with Crippen molar-refractivity contribution in [2.45, 2.75) is 110 Å². The summed E-state index contributed by atoms with van der Waals surface area (Å²) in [5, 5.41) is 7.79. The van der Waals surface area contributed by atoms with Crippen LogP contribution in [0.25, 0.3) is 0 Å². The van der Waals surface area contributed by atoms with Crippen molar-refractivity contribution in [2.24, 2.45) is 5.41 Å². The average molecular weight is 281 g/mol. The third-order valence-electron chi connectivity index (χ3n) is 5.24. The molecular weight excluding hydrogens is 244 g/mol. The van der Waals surface area contributed by atoms with E-state index in [1.807, 2.05) is 0 Å². The lowest BCUT2D eigenvalue weighted by molar-refractivity contribution is 0.137. The van der Waals surface area contributed by atoms with Crippen molar-refractivity contribution in [1.82, 2.24) is 10.6 Å². The van der Waals surface area contributed by atoms with Crippen LogP contribution in [0.2, 0.25) is 0 Å². The Bertz CT molecular complexity index is 314. The van der Waals surface area contributed by atoms with Crippen LogP contribution in [0.1, 0.15) is 86.5 Å². The Morgan fingerprint density at radius 2 is 1.40 bits per heavy atom. The molecule has 2 fully saturated rings. The van der Waals surface area contributed by atoms with Crippen molar-refractivity contribution < 1.29 is 0 Å². The highest BCUT2D eigenvalue weighted by Gasteiger charge is 2.38. The van der Waals surface area contributed by atoms with Crippen molar-refractivity contribution in [1.29, 1.82) is 0 Å². The molecule has 0 spiro atoms. The van der Waals surface area contributed by atoms with Crippen molar-refractivity contribution in [3.05, 3.63) is 0 Å². The molecular formula is C18H36N2. The van der Waals surface area contributed by atoms with Crippen LogP contribution < -0.4 is 10.6 Å². The fraction of sp³-hybridized carbons (Fsp3) is 1.00. The second-order valence-electron chi connectivity index (χ2n) is 9.46. The summed E-state index contributed by atoms with van der Waals surface area (Å²) in [5.41, 5.74) is 1.07. The van der Waals surface area contributed by atoms with Gasteiger partial charge in [-0.05, 0) is 71.6 Å². The van der Waals surface area contributed by atoms with Crippen molar-refractivity contribution in [3.8, 4) is 0 Å². The lowest BCUT2D eigenvalue weighted by atomic mass is 9.79. The topological polar surface area (TPSA) is 24.1 Å². The average Bonchev–Trinajstić information content (AvgIpc) is 2.35. The molecule has 0 bridgehead atoms. The molecule has 2 heteroatoms. The summed E-state index contributed by atoms with van der Waals surface area (Å²) in [4.78, 5) is 0. The molecule has 118 valence electrons. The van der Waals surface area contributed by atoms with Crippen LogP contribution in [-0.2, 0) is 0 Å². The van der Waals surface area contributed by atoms with E-state index in [4.69, 9.17) is 0 Å². The standard InChI is InChI=1S/C18H36N2/c1-16(2)10-7-8-14(9-11-16)19-15-12-17(3,4)20-18(5,6)13-15/h14-15,19-20H,7-13H2,1-6H3. The molecule has 1 unspecified atom stereocenters. The van der Waals surface area contributed by atoms with E-state index in [0.29, 0.717) is 11.5 Å². The van der Waals surface area contributed by atoms with Crippen LogP contribution in [0.5, 0.6) is 0 Å². The van der Waals surface area contributed by atoms with Gasteiger partial charge in [0, 0.05) is 23.2 Å². The molecule has 0 aromatic heterocycles. The molecule has 1 aliphatic heterocycles. The highest BCUT2D eigenvalue weighted by molar-refractivity contribution is 5.00. The smallest absolute Gasteiger partial charge is 0.0144 e. The van der Waals surface area contributed by atoms with Crippen LogP contribution in [0.3, 0.4) is 0 Å². The van der Waals surface area contributed by atoms with Gasteiger partial charge >= 0.3 is 0 Å². The molecule has 2 aliphatic rings. The number of nitrogens with one attached hydrogen (secondary N) is 2. The van der Waals surface area contributed by atoms with Crippen molar-refractivity contribution in [3.63, 3.8) is 0 Å². The second kappa shape index (κ2) is 5.61. The zero-order valence-electron chi connectivity index (χ0n) is 14.6. The van der Waals surface area contributed by atoms with Gasteiger partial charge in [0.1, 0.15) is 0 Å². The van der Waals surface area contributed by atoms with E-state index in [9.17, 15) is 0 Å². The van der Waals surface area contributed by atoms with Crippen molar-refractivity contribution >= 4 is 0 Å². The largest absolute Gasteiger partial charge is 0.311 e. The molecule has 2 N–H and O–H groups in total. The molecule has 1 heterocycles. The summed E-state index contributed by atoms with van der Waals surface area (Å²) in [7, 11) is 0. The van der Waals surface area contributed by atoms with E-state index in [1.54, 1.807) is 0 Å². The maximum Gasteiger partial charge on any atom is 0.0144 e. The first-order valence-electron chi connectivity index (χ1n) is 8.62. The van der Waals surface area contributed by atoms with Crippen LogP contribution in [-0.4, -0.2) is 23.2 Å². The van der Waals surface area contributed by atoms with Gasteiger partial charge in [0.05, 0.1) is 0 Å². The minimum Gasteiger partial charge on any atom is -0.311 e. The van der Waals surface area contributed by atoms with E-state index in [0.717, 1.165) is 6.04 Å². The summed E-state index contributed by atoms with van der Waals surface area (Å²) < 4.78 is 0. The van der Waals surface area contributed by atoms with Gasteiger partial charge in [0.2, 0.25) is 0 Å². The first-order valence-corrected chi connectivity index (χ1v) is 8.62. The Morgan fingerprint density at radius 3 is 2.00 bits per heavy atom. The monoisotopic (exact) mass is 280 g/mol. The van der Waals surface area contributed by atoms with Gasteiger partial charge in [-0.15, -0.1) is 0 Å². The maximum atomic E-state index is 4.01. The summed E-state index contributed by atoms with van der Waals surface area (Å²) in [6.45, 7) is 14.3. The quantitative estimate of drug-likeness (QED) is 0.739. The lowest BCUT2D eigenvalue weighted by Gasteiger charge is -2.47. The summed E-state index contributed by atoms with van der Waals surface area (Å²) in [5.74, 6) is 0. The fourth-order valence-corrected chi connectivity index (χ4v) is 4.60. The first-order chi connectivity index (χ1) is 9.07. The van der Waals surface area contributed by atoms with Gasteiger partial charge < -0.3 is 10.6 Å². The third-order valence-corrected chi connectivity index (χ3v) is 5.24. The van der Waals surface area contributed by atoms with Gasteiger partial charge in [-0.25, -0.2) is 0 Å². The van der Waals surface area contributed by atoms with E-state index < -0.39 is 0 Å². The van der Waals surface area contributed by atoms with E-state index in [-0.39, 0.29) is 11.1 Å². The van der Waals surface area contributed by atoms with Crippen LogP contribution >= 0.6 is 0 Å². The molecule has 2 nitrogen and oxygen atoms in total. The molecule has 20 heavy (non-hydrogen) atoms. The zero-order valence-corrected chi connectivity index (χ0v) is 14.6. The van der Waals surface area contributed by atoms with E-state index in [1.165, 1.54) is 44.9 Å². The Labute approximate surface area is 126 Å². The minimum absolute atomic E-state index is 0.253. The summed E-state index contributed by atoms with van der Waals surface area (Å²) in [6.07, 6.45) is 9.39. The second-order valence-corrected chi connectivity index (χ2v) is 9.46. The molecule has 1 saturated heterocycles. The predicted octanol–water partition coefficient (Wildman–Crippen LogP) is 4.24. The van der Waals surface area contributed by atoms with Gasteiger partial charge in [-0.1, -0.05) is 20.3 Å². The minimum atomic E-state index is 0.253. The molecule has 2 rings (SSSR count). The summed E-state index contributed by atoms with van der Waals surface area (Å²) >= 11 is 0. The SMILES string of the molecule is CC1(C)CCCC(NC2CC(C)(C)NC(C)(C)C2)CC1. The van der Waals surface area contributed by atoms with E-state index in [2.05, 4.69) is 52.2 Å². The van der Waals surface area contributed by atoms with Gasteiger partial charge in [-0.2, -0.15) is 0 Å². The van der Waals surface area contributed by atoms with Crippen LogP contribution in [0, 0.1) is 5.41 Å². The van der Waals surface area contributed by atoms with Crippen molar-refractivity contribution in [2.75, 3.05) is 0 Å².